The Labute approximate surface area is 842 Å². The largest absolute Gasteiger partial charge is 0.489 e. The summed E-state index contributed by atoms with van der Waals surface area (Å²) in [5, 5.41) is 20.6. The number of hydrogen-bond donors (Lipinski definition) is 6. The van der Waals surface area contributed by atoms with Gasteiger partial charge in [0.25, 0.3) is 31.0 Å². The van der Waals surface area contributed by atoms with Crippen LogP contribution in [0.3, 0.4) is 0 Å². The average Bonchev–Trinajstić information content (AvgIpc) is 0.879. The van der Waals surface area contributed by atoms with Crippen molar-refractivity contribution in [2.45, 2.75) is 130 Å². The zero-order chi connectivity index (χ0) is 97.4. The smallest absolute Gasteiger partial charge is 0.260 e. The lowest BCUT2D eigenvalue weighted by molar-refractivity contribution is 0.304. The molecule has 12 rings (SSSR count). The molecular formula is C105H114BrClFIN6O12S6. The second-order valence-corrected chi connectivity index (χ2v) is 35.4. The van der Waals surface area contributed by atoms with Crippen LogP contribution in [-0.2, 0) is 68.1 Å². The number of methoxy groups -OCH3 is 6. The second-order valence-electron chi connectivity index (χ2n) is 30.5. The molecule has 0 heterocycles. The third kappa shape index (κ3) is 37.6. The molecule has 0 aliphatic carbocycles. The van der Waals surface area contributed by atoms with Gasteiger partial charge in [-0.1, -0.05) is 195 Å². The number of halogens is 4. The van der Waals surface area contributed by atoms with Gasteiger partial charge in [0.2, 0.25) is 0 Å². The quantitative estimate of drug-likeness (QED) is 0.0234. The molecule has 0 radical (unpaired) electrons. The molecule has 12 aromatic rings. The highest BCUT2D eigenvalue weighted by Gasteiger charge is 2.17. The molecule has 6 N–H and O–H groups in total. The zero-order valence-electron chi connectivity index (χ0n) is 78.2. The minimum absolute atomic E-state index is 0.179. The van der Waals surface area contributed by atoms with E-state index in [4.69, 9.17) is 142 Å². The molecule has 28 heteroatoms. The summed E-state index contributed by atoms with van der Waals surface area (Å²) < 4.78 is 81.0. The van der Waals surface area contributed by atoms with Gasteiger partial charge in [0.15, 0.2) is 0 Å². The van der Waals surface area contributed by atoms with Gasteiger partial charge in [-0.2, -0.15) is 0 Å². The predicted octanol–water partition coefficient (Wildman–Crippen LogP) is 28.5. The highest BCUT2D eigenvalue weighted by Crippen LogP contribution is 2.33. The molecule has 0 unspecified atom stereocenters. The van der Waals surface area contributed by atoms with E-state index in [0.717, 1.165) is 149 Å². The average molecular weight is 2110 g/mol. The molecule has 18 nitrogen and oxygen atoms in total. The second kappa shape index (κ2) is 56.1. The molecule has 0 spiro atoms. The number of hydrogen-bond acceptors (Lipinski definition) is 18. The summed E-state index contributed by atoms with van der Waals surface area (Å²) in [6.07, 6.45) is 1.79. The zero-order valence-corrected chi connectivity index (χ0v) is 87.6. The first kappa shape index (κ1) is 109. The molecule has 0 atom stereocenters. The van der Waals surface area contributed by atoms with Crippen molar-refractivity contribution in [3.8, 4) is 34.5 Å². The Bertz CT molecular complexity index is 5340. The lowest BCUT2D eigenvalue weighted by Gasteiger charge is -2.15. The van der Waals surface area contributed by atoms with Crippen LogP contribution in [-0.4, -0.2) is 73.7 Å². The number of rotatable bonds is 25. The van der Waals surface area contributed by atoms with Gasteiger partial charge < -0.3 is 88.7 Å². The fourth-order valence-electron chi connectivity index (χ4n) is 12.7. The number of thiocarbonyl (C=S) groups is 6. The molecular weight excluding hydrogens is 1990 g/mol. The normalized spacial score (nSPS) is 10.2. The molecule has 0 fully saturated rings. The van der Waals surface area contributed by atoms with Gasteiger partial charge in [-0.15, -0.1) is 0 Å². The molecule has 0 amide bonds. The first-order valence-corrected chi connectivity index (χ1v) is 46.5. The highest BCUT2D eigenvalue weighted by atomic mass is 127. The van der Waals surface area contributed by atoms with Gasteiger partial charge in [0, 0.05) is 74.9 Å². The molecule has 0 saturated heterocycles. The first-order valence-electron chi connectivity index (χ1n) is 41.8. The van der Waals surface area contributed by atoms with E-state index in [-0.39, 0.29) is 16.2 Å². The summed E-state index contributed by atoms with van der Waals surface area (Å²) >= 11 is 42.1. The van der Waals surface area contributed by atoms with E-state index in [9.17, 15) is 4.39 Å². The highest BCUT2D eigenvalue weighted by molar-refractivity contribution is 14.1. The van der Waals surface area contributed by atoms with E-state index >= 15 is 0 Å². The molecule has 0 aliphatic rings. The van der Waals surface area contributed by atoms with Crippen LogP contribution in [0.5, 0.6) is 34.5 Å². The summed E-state index contributed by atoms with van der Waals surface area (Å²) in [4.78, 5) is 0. The van der Waals surface area contributed by atoms with Crippen LogP contribution in [0.4, 0.5) is 38.5 Å². The number of nitrogens with one attached hydrogen (secondary N) is 6. The third-order valence-corrected chi connectivity index (χ3v) is 22.7. The molecule has 0 bridgehead atoms. The standard InChI is InChI=1S/C19H21NO2S.C18H21NO2S.C17H18BrNO2S.C17H18ClNO2S.C17H18FNO2S.C17H18INO2S/c1-5-15-7-8-16(17(11-15)20-19(23)21-4)12-22-18-9-6-13(2)10-14(18)3;1-12-6-8-17(14(3)9-12)21-11-15-7-5-13(2)10-16(15)19-18(22)20-4;4*1-11-4-7-16(12(2)8-11)21-10-13-5-6-14(18)9-15(13)19-17(22)20-3/h5-11H,1,12H2,2-4H3,(H,20,23);5-10H,11H2,1-4H3,(H,19,22);4*4-9H,10H2,1-3H3,(H,19,22). The van der Waals surface area contributed by atoms with Crippen LogP contribution in [0, 0.1) is 99.4 Å². The van der Waals surface area contributed by atoms with Crippen molar-refractivity contribution in [3.05, 3.63) is 355 Å². The molecule has 12 aromatic carbocycles. The Balaban J connectivity index is 0.000000218. The van der Waals surface area contributed by atoms with Crippen molar-refractivity contribution in [3.63, 3.8) is 0 Å². The van der Waals surface area contributed by atoms with Crippen LogP contribution in [0.2, 0.25) is 5.02 Å². The summed E-state index contributed by atoms with van der Waals surface area (Å²) in [5.41, 5.74) is 26.8. The molecule has 0 aromatic heterocycles. The van der Waals surface area contributed by atoms with Gasteiger partial charge in [-0.3, -0.25) is 0 Å². The van der Waals surface area contributed by atoms with Crippen molar-refractivity contribution in [1.82, 2.24) is 0 Å². The summed E-state index contributed by atoms with van der Waals surface area (Å²) in [5.74, 6) is 4.86. The number of ether oxygens (including phenoxy) is 12. The predicted molar refractivity (Wildman–Crippen MR) is 580 cm³/mol. The first-order chi connectivity index (χ1) is 63.5. The van der Waals surface area contributed by atoms with Gasteiger partial charge >= 0.3 is 0 Å². The van der Waals surface area contributed by atoms with Crippen LogP contribution in [0.1, 0.15) is 111 Å². The van der Waals surface area contributed by atoms with Crippen LogP contribution >= 0.6 is 123 Å². The minimum atomic E-state index is -0.350. The van der Waals surface area contributed by atoms with Gasteiger partial charge in [-0.25, -0.2) is 4.39 Å². The third-order valence-electron chi connectivity index (χ3n) is 19.7. The Morgan fingerprint density at radius 2 is 0.534 bits per heavy atom. The molecule has 700 valence electrons. The summed E-state index contributed by atoms with van der Waals surface area (Å²) in [6, 6.07) is 70.8. The van der Waals surface area contributed by atoms with Crippen LogP contribution in [0.25, 0.3) is 6.08 Å². The van der Waals surface area contributed by atoms with E-state index < -0.39 is 0 Å². The van der Waals surface area contributed by atoms with Gasteiger partial charge in [0.1, 0.15) is 80.0 Å². The maximum Gasteiger partial charge on any atom is 0.260 e. The van der Waals surface area contributed by atoms with Crippen molar-refractivity contribution >= 4 is 195 Å². The van der Waals surface area contributed by atoms with E-state index in [0.29, 0.717) is 71.0 Å². The maximum absolute atomic E-state index is 13.4. The Morgan fingerprint density at radius 1 is 0.301 bits per heavy atom. The Hall–Kier alpha value is -11.3. The number of benzene rings is 12. The lowest BCUT2D eigenvalue weighted by Crippen LogP contribution is -2.13. The van der Waals surface area contributed by atoms with E-state index in [1.54, 1.807) is 46.6 Å². The maximum atomic E-state index is 13.4. The molecule has 133 heavy (non-hydrogen) atoms. The van der Waals surface area contributed by atoms with Gasteiger partial charge in [-0.05, 0) is 327 Å². The Morgan fingerprint density at radius 3 is 0.835 bits per heavy atom. The van der Waals surface area contributed by atoms with Crippen molar-refractivity contribution < 1.29 is 61.2 Å². The fraction of sp³-hybridized carbons (Fsp3) is 0.238. The topological polar surface area (TPSA) is 183 Å². The van der Waals surface area contributed by atoms with E-state index in [1.807, 2.05) is 181 Å². The number of anilines is 6. The summed E-state index contributed by atoms with van der Waals surface area (Å²) in [7, 11) is 9.16. The minimum Gasteiger partial charge on any atom is -0.489 e. The van der Waals surface area contributed by atoms with Crippen LogP contribution in [0.15, 0.2) is 229 Å². The fourth-order valence-corrected chi connectivity index (χ4v) is 14.4. The van der Waals surface area contributed by atoms with E-state index in [2.05, 4.69) is 180 Å². The Kier molecular flexibility index (Phi) is 45.8. The van der Waals surface area contributed by atoms with E-state index in [1.165, 1.54) is 59.7 Å². The van der Waals surface area contributed by atoms with Gasteiger partial charge in [0.05, 0.1) is 48.3 Å². The van der Waals surface area contributed by atoms with Crippen molar-refractivity contribution in [2.75, 3.05) is 74.6 Å². The number of aryl methyl sites for hydroxylation is 13. The molecule has 0 saturated carbocycles. The summed E-state index contributed by atoms with van der Waals surface area (Å²) in [6.45, 7) is 33.0. The van der Waals surface area contributed by atoms with Crippen molar-refractivity contribution in [2.24, 2.45) is 0 Å². The molecule has 0 aliphatic heterocycles. The lowest BCUT2D eigenvalue weighted by atomic mass is 10.1. The van der Waals surface area contributed by atoms with Crippen LogP contribution < -0.4 is 60.3 Å². The SMILES string of the molecule is C=Cc1ccc(COc2ccc(C)cc2C)c(NC(=S)OC)c1.COC(=S)Nc1cc(Br)ccc1COc1ccc(C)cc1C.COC(=S)Nc1cc(C)ccc1COc1ccc(C)cc1C.COC(=S)Nc1cc(Cl)ccc1COc1ccc(C)cc1C.COC(=S)Nc1cc(F)ccc1COc1ccc(C)cc1C.COC(=S)Nc1cc(I)ccc1COc1ccc(C)cc1C. The monoisotopic (exact) mass is 2100 g/mol. The van der Waals surface area contributed by atoms with Crippen molar-refractivity contribution in [1.29, 1.82) is 0 Å².